The topological polar surface area (TPSA) is 61.5 Å². The average molecular weight is 378 g/mol. The van der Waals surface area contributed by atoms with Gasteiger partial charge in [0, 0.05) is 11.6 Å². The molecule has 0 fully saturated rings. The summed E-state index contributed by atoms with van der Waals surface area (Å²) in [6, 6.07) is 16.2. The number of benzene rings is 2. The van der Waals surface area contributed by atoms with E-state index in [4.69, 9.17) is 15.2 Å². The predicted molar refractivity (Wildman–Crippen MR) is 108 cm³/mol. The molecule has 0 aliphatic carbocycles. The van der Waals surface area contributed by atoms with Crippen molar-refractivity contribution < 1.29 is 14.3 Å². The zero-order chi connectivity index (χ0) is 18.2. The Morgan fingerprint density at radius 3 is 2.38 bits per heavy atom. The Labute approximate surface area is 162 Å². The largest absolute Gasteiger partial charge is 0.496 e. The number of esters is 1. The monoisotopic (exact) mass is 377 g/mol. The summed E-state index contributed by atoms with van der Waals surface area (Å²) in [7, 11) is 1.68. The van der Waals surface area contributed by atoms with Crippen LogP contribution in [0.25, 0.3) is 11.1 Å². The highest BCUT2D eigenvalue weighted by molar-refractivity contribution is 5.85. The van der Waals surface area contributed by atoms with E-state index in [1.165, 1.54) is 0 Å². The molecule has 2 aromatic carbocycles. The number of ether oxygens (including phenoxy) is 2. The van der Waals surface area contributed by atoms with Gasteiger partial charge in [-0.05, 0) is 37.0 Å². The zero-order valence-corrected chi connectivity index (χ0v) is 16.4. The highest BCUT2D eigenvalue weighted by Crippen LogP contribution is 2.29. The molecule has 5 heteroatoms. The third-order valence-electron chi connectivity index (χ3n) is 4.22. The standard InChI is InChI=1S/C21H27NO3.ClH/c1-4-25-21(23)15(2)13-18(22)14-16-9-11-17(12-10-16)19-7-5-6-8-20(19)24-3;/h5-12,15,18H,4,13-14,22H2,1-3H3;1H/t15-,18?;/m0./s1. The maximum Gasteiger partial charge on any atom is 0.308 e. The van der Waals surface area contributed by atoms with Gasteiger partial charge in [-0.3, -0.25) is 4.79 Å². The van der Waals surface area contributed by atoms with Gasteiger partial charge < -0.3 is 15.2 Å². The molecule has 2 atom stereocenters. The van der Waals surface area contributed by atoms with Gasteiger partial charge in [-0.1, -0.05) is 49.4 Å². The Hall–Kier alpha value is -2.04. The number of nitrogens with two attached hydrogens (primary N) is 1. The summed E-state index contributed by atoms with van der Waals surface area (Å²) in [6.07, 6.45) is 1.35. The van der Waals surface area contributed by atoms with Crippen LogP contribution < -0.4 is 10.5 Å². The van der Waals surface area contributed by atoms with Crippen molar-refractivity contribution in [3.05, 3.63) is 54.1 Å². The van der Waals surface area contributed by atoms with Gasteiger partial charge in [-0.25, -0.2) is 0 Å². The van der Waals surface area contributed by atoms with E-state index in [0.717, 1.165) is 28.9 Å². The molecule has 26 heavy (non-hydrogen) atoms. The molecule has 0 saturated carbocycles. The van der Waals surface area contributed by atoms with Gasteiger partial charge in [0.1, 0.15) is 5.75 Å². The number of rotatable bonds is 8. The summed E-state index contributed by atoms with van der Waals surface area (Å²) in [5.74, 6) is 0.502. The van der Waals surface area contributed by atoms with E-state index in [2.05, 4.69) is 24.3 Å². The number of halogens is 1. The van der Waals surface area contributed by atoms with Gasteiger partial charge in [-0.2, -0.15) is 0 Å². The minimum atomic E-state index is -0.178. The van der Waals surface area contributed by atoms with Gasteiger partial charge in [0.2, 0.25) is 0 Å². The number of hydrogen-bond donors (Lipinski definition) is 1. The van der Waals surface area contributed by atoms with Crippen molar-refractivity contribution in [3.8, 4) is 16.9 Å². The second-order valence-corrected chi connectivity index (χ2v) is 6.25. The number of hydrogen-bond acceptors (Lipinski definition) is 4. The third-order valence-corrected chi connectivity index (χ3v) is 4.22. The van der Waals surface area contributed by atoms with Gasteiger partial charge in [0.15, 0.2) is 0 Å². The second kappa shape index (κ2) is 10.8. The van der Waals surface area contributed by atoms with Gasteiger partial charge >= 0.3 is 5.97 Å². The lowest BCUT2D eigenvalue weighted by atomic mass is 9.95. The smallest absolute Gasteiger partial charge is 0.308 e. The molecule has 4 nitrogen and oxygen atoms in total. The van der Waals surface area contributed by atoms with Crippen LogP contribution in [0, 0.1) is 5.92 Å². The lowest BCUT2D eigenvalue weighted by Gasteiger charge is -2.16. The number of para-hydroxylation sites is 1. The maximum atomic E-state index is 11.7. The molecule has 2 aromatic rings. The molecule has 0 spiro atoms. The Kier molecular flexibility index (Phi) is 9.17. The predicted octanol–water partition coefficient (Wildman–Crippen LogP) is 4.24. The third kappa shape index (κ3) is 6.04. The molecule has 0 heterocycles. The molecule has 0 aliphatic rings. The maximum absolute atomic E-state index is 11.7. The quantitative estimate of drug-likeness (QED) is 0.699. The van der Waals surface area contributed by atoms with Crippen LogP contribution in [0.1, 0.15) is 25.8 Å². The van der Waals surface area contributed by atoms with Crippen molar-refractivity contribution >= 4 is 18.4 Å². The first-order chi connectivity index (χ1) is 12.0. The van der Waals surface area contributed by atoms with Crippen molar-refractivity contribution in [1.82, 2.24) is 0 Å². The number of carbonyl (C=O) groups is 1. The average Bonchev–Trinajstić information content (AvgIpc) is 2.62. The first-order valence-electron chi connectivity index (χ1n) is 8.69. The second-order valence-electron chi connectivity index (χ2n) is 6.25. The Balaban J connectivity index is 0.00000338. The van der Waals surface area contributed by atoms with Crippen molar-refractivity contribution in [2.75, 3.05) is 13.7 Å². The SMILES string of the molecule is CCOC(=O)[C@@H](C)CC(N)Cc1ccc(-c2ccccc2OC)cc1.Cl. The Morgan fingerprint density at radius 1 is 1.12 bits per heavy atom. The molecular formula is C21H28ClNO3. The lowest BCUT2D eigenvalue weighted by molar-refractivity contribution is -0.147. The number of methoxy groups -OCH3 is 1. The fourth-order valence-corrected chi connectivity index (χ4v) is 2.92. The fraction of sp³-hybridized carbons (Fsp3) is 0.381. The van der Waals surface area contributed by atoms with E-state index in [1.54, 1.807) is 7.11 Å². The van der Waals surface area contributed by atoms with E-state index in [9.17, 15) is 4.79 Å². The van der Waals surface area contributed by atoms with Crippen LogP contribution in [0.2, 0.25) is 0 Å². The van der Waals surface area contributed by atoms with Gasteiger partial charge in [0.05, 0.1) is 19.6 Å². The molecule has 142 valence electrons. The first kappa shape index (κ1) is 22.0. The summed E-state index contributed by atoms with van der Waals surface area (Å²) >= 11 is 0. The van der Waals surface area contributed by atoms with Crippen LogP contribution in [-0.2, 0) is 16.0 Å². The normalized spacial score (nSPS) is 12.6. The van der Waals surface area contributed by atoms with E-state index in [-0.39, 0.29) is 30.3 Å². The molecule has 2 N–H and O–H groups in total. The van der Waals surface area contributed by atoms with Crippen LogP contribution in [0.15, 0.2) is 48.5 Å². The zero-order valence-electron chi connectivity index (χ0n) is 15.6. The minimum Gasteiger partial charge on any atom is -0.496 e. The molecule has 0 aromatic heterocycles. The Bertz CT molecular complexity index is 688. The molecule has 0 radical (unpaired) electrons. The van der Waals surface area contributed by atoms with Gasteiger partial charge in [0.25, 0.3) is 0 Å². The van der Waals surface area contributed by atoms with Crippen molar-refractivity contribution in [3.63, 3.8) is 0 Å². The number of carbonyl (C=O) groups excluding carboxylic acids is 1. The summed E-state index contributed by atoms with van der Waals surface area (Å²) in [5.41, 5.74) is 9.54. The minimum absolute atomic E-state index is 0. The van der Waals surface area contributed by atoms with E-state index in [1.807, 2.05) is 38.1 Å². The highest BCUT2D eigenvalue weighted by atomic mass is 35.5. The van der Waals surface area contributed by atoms with E-state index < -0.39 is 0 Å². The van der Waals surface area contributed by atoms with Crippen molar-refractivity contribution in [1.29, 1.82) is 0 Å². The van der Waals surface area contributed by atoms with Crippen LogP contribution in [-0.4, -0.2) is 25.7 Å². The highest BCUT2D eigenvalue weighted by Gasteiger charge is 2.18. The molecule has 0 aliphatic heterocycles. The molecule has 0 bridgehead atoms. The van der Waals surface area contributed by atoms with Crippen molar-refractivity contribution in [2.24, 2.45) is 11.7 Å². The lowest BCUT2D eigenvalue weighted by Crippen LogP contribution is -2.29. The van der Waals surface area contributed by atoms with Crippen LogP contribution >= 0.6 is 12.4 Å². The summed E-state index contributed by atoms with van der Waals surface area (Å²) in [4.78, 5) is 11.7. The molecular weight excluding hydrogens is 350 g/mol. The first-order valence-corrected chi connectivity index (χ1v) is 8.69. The summed E-state index contributed by atoms with van der Waals surface area (Å²) in [6.45, 7) is 4.08. The molecule has 2 rings (SSSR count). The van der Waals surface area contributed by atoms with Crippen LogP contribution in [0.4, 0.5) is 0 Å². The Morgan fingerprint density at radius 2 is 1.77 bits per heavy atom. The van der Waals surface area contributed by atoms with E-state index in [0.29, 0.717) is 13.0 Å². The summed E-state index contributed by atoms with van der Waals surface area (Å²) in [5, 5.41) is 0. The van der Waals surface area contributed by atoms with Crippen LogP contribution in [0.3, 0.4) is 0 Å². The summed E-state index contributed by atoms with van der Waals surface area (Å²) < 4.78 is 10.5. The van der Waals surface area contributed by atoms with Crippen molar-refractivity contribution in [2.45, 2.75) is 32.7 Å². The van der Waals surface area contributed by atoms with E-state index >= 15 is 0 Å². The molecule has 0 amide bonds. The molecule has 1 unspecified atom stereocenters. The van der Waals surface area contributed by atoms with Gasteiger partial charge in [-0.15, -0.1) is 12.4 Å². The van der Waals surface area contributed by atoms with Crippen LogP contribution in [0.5, 0.6) is 5.75 Å². The molecule has 0 saturated heterocycles. The fourth-order valence-electron chi connectivity index (χ4n) is 2.92.